The zero-order valence-corrected chi connectivity index (χ0v) is 13.7. The molecule has 0 bridgehead atoms. The van der Waals surface area contributed by atoms with Gasteiger partial charge in [-0.3, -0.25) is 0 Å². The van der Waals surface area contributed by atoms with Crippen molar-refractivity contribution in [3.05, 3.63) is 40.2 Å². The Labute approximate surface area is 147 Å². The van der Waals surface area contributed by atoms with Crippen molar-refractivity contribution in [1.29, 1.82) is 0 Å². The molecule has 26 heavy (non-hydrogen) atoms. The lowest BCUT2D eigenvalue weighted by molar-refractivity contribution is -0.300. The molecular weight excluding hydrogens is 348 g/mol. The van der Waals surface area contributed by atoms with Gasteiger partial charge in [0.15, 0.2) is 6.29 Å². The van der Waals surface area contributed by atoms with E-state index in [2.05, 4.69) is 0 Å². The summed E-state index contributed by atoms with van der Waals surface area (Å²) in [5.41, 5.74) is 0.264. The van der Waals surface area contributed by atoms with Crippen molar-refractivity contribution in [3.63, 3.8) is 0 Å². The van der Waals surface area contributed by atoms with Crippen molar-refractivity contribution in [1.82, 2.24) is 0 Å². The zero-order valence-electron chi connectivity index (χ0n) is 13.7. The Bertz CT molecular complexity index is 815. The normalized spacial score (nSPS) is 29.2. The van der Waals surface area contributed by atoms with Gasteiger partial charge in [0, 0.05) is 17.5 Å². The number of hydrogen-bond donors (Lipinski definition) is 5. The van der Waals surface area contributed by atoms with Crippen LogP contribution in [-0.4, -0.2) is 69.5 Å². The third-order valence-electron chi connectivity index (χ3n) is 4.32. The van der Waals surface area contributed by atoms with Crippen LogP contribution in [0.25, 0.3) is 11.0 Å². The molecule has 1 aliphatic rings. The summed E-state index contributed by atoms with van der Waals surface area (Å²) >= 11 is 0. The number of benzene rings is 1. The zero-order chi connectivity index (χ0) is 18.8. The Morgan fingerprint density at radius 3 is 2.58 bits per heavy atom. The molecule has 1 aliphatic heterocycles. The lowest BCUT2D eigenvalue weighted by atomic mass is 9.99. The Morgan fingerprint density at radius 1 is 1.08 bits per heavy atom. The van der Waals surface area contributed by atoms with Crippen molar-refractivity contribution in [2.75, 3.05) is 13.2 Å². The van der Waals surface area contributed by atoms with Crippen LogP contribution in [0.4, 0.5) is 0 Å². The molecule has 0 saturated carbocycles. The monoisotopic (exact) mass is 368 g/mol. The van der Waals surface area contributed by atoms with Gasteiger partial charge in [-0.15, -0.1) is 0 Å². The molecule has 1 aromatic heterocycles. The van der Waals surface area contributed by atoms with E-state index in [0.29, 0.717) is 10.9 Å². The molecule has 5 N–H and O–H groups in total. The molecule has 9 nitrogen and oxygen atoms in total. The average molecular weight is 368 g/mol. The van der Waals surface area contributed by atoms with E-state index in [4.69, 9.17) is 19.0 Å². The third kappa shape index (κ3) is 3.73. The van der Waals surface area contributed by atoms with Gasteiger partial charge in [-0.2, -0.15) is 0 Å². The minimum Gasteiger partial charge on any atom is -0.508 e. The van der Waals surface area contributed by atoms with E-state index < -0.39 is 42.9 Å². The lowest BCUT2D eigenvalue weighted by Gasteiger charge is -2.39. The van der Waals surface area contributed by atoms with E-state index in [1.54, 1.807) is 12.1 Å². The second-order valence-electron chi connectivity index (χ2n) is 6.09. The van der Waals surface area contributed by atoms with Crippen molar-refractivity contribution in [3.8, 4) is 5.75 Å². The van der Waals surface area contributed by atoms with Crippen LogP contribution < -0.4 is 5.63 Å². The van der Waals surface area contributed by atoms with Gasteiger partial charge < -0.3 is 39.4 Å². The van der Waals surface area contributed by atoms with Gasteiger partial charge in [0.1, 0.15) is 35.7 Å². The molecule has 142 valence electrons. The molecule has 0 radical (unpaired) electrons. The minimum absolute atomic E-state index is 0.0263. The molecule has 1 saturated heterocycles. The van der Waals surface area contributed by atoms with Crippen LogP contribution in [0.15, 0.2) is 33.5 Å². The van der Waals surface area contributed by atoms with Crippen LogP contribution in [0.1, 0.15) is 5.56 Å². The average Bonchev–Trinajstić information content (AvgIpc) is 2.62. The number of aromatic hydroxyl groups is 1. The highest BCUT2D eigenvalue weighted by Gasteiger charge is 2.43. The van der Waals surface area contributed by atoms with Gasteiger partial charge in [0.2, 0.25) is 0 Å². The van der Waals surface area contributed by atoms with Gasteiger partial charge in [-0.1, -0.05) is 0 Å². The van der Waals surface area contributed by atoms with Gasteiger partial charge in [0.25, 0.3) is 0 Å². The third-order valence-corrected chi connectivity index (χ3v) is 4.32. The number of phenolic OH excluding ortho intramolecular Hbond substituents is 1. The van der Waals surface area contributed by atoms with Crippen LogP contribution in [0.5, 0.6) is 5.75 Å². The van der Waals surface area contributed by atoms with E-state index in [-0.39, 0.29) is 24.4 Å². The first-order chi connectivity index (χ1) is 12.4. The Kier molecular flexibility index (Phi) is 5.56. The lowest BCUT2D eigenvalue weighted by Crippen LogP contribution is -2.59. The largest absolute Gasteiger partial charge is 0.508 e. The highest BCUT2D eigenvalue weighted by molar-refractivity contribution is 5.79. The van der Waals surface area contributed by atoms with E-state index >= 15 is 0 Å². The van der Waals surface area contributed by atoms with Crippen LogP contribution in [0.3, 0.4) is 0 Å². The maximum Gasteiger partial charge on any atom is 0.336 e. The summed E-state index contributed by atoms with van der Waals surface area (Å²) in [4.78, 5) is 11.2. The van der Waals surface area contributed by atoms with Crippen molar-refractivity contribution >= 4 is 11.0 Å². The molecule has 2 aromatic rings. The first kappa shape index (κ1) is 18.8. The molecule has 1 aromatic carbocycles. The van der Waals surface area contributed by atoms with Crippen LogP contribution in [0.2, 0.25) is 0 Å². The summed E-state index contributed by atoms with van der Waals surface area (Å²) in [5.74, 6) is -0.0794. The number of fused-ring (bicyclic) bond motifs is 1. The molecule has 5 atom stereocenters. The van der Waals surface area contributed by atoms with E-state index in [1.165, 1.54) is 12.1 Å². The summed E-state index contributed by atoms with van der Waals surface area (Å²) in [6.45, 7) is -0.514. The summed E-state index contributed by atoms with van der Waals surface area (Å²) in [5, 5.41) is 49.2. The number of hydrogen-bond acceptors (Lipinski definition) is 9. The number of phenols is 1. The molecule has 0 spiro atoms. The highest BCUT2D eigenvalue weighted by Crippen LogP contribution is 2.26. The van der Waals surface area contributed by atoms with Gasteiger partial charge >= 0.3 is 5.63 Å². The maximum absolute atomic E-state index is 11.2. The number of aliphatic hydroxyl groups is 4. The van der Waals surface area contributed by atoms with Crippen LogP contribution in [-0.2, 0) is 15.9 Å². The van der Waals surface area contributed by atoms with Crippen molar-refractivity contribution in [2.45, 2.75) is 37.1 Å². The quantitative estimate of drug-likeness (QED) is 0.413. The smallest absolute Gasteiger partial charge is 0.336 e. The summed E-state index contributed by atoms with van der Waals surface area (Å²) < 4.78 is 15.6. The van der Waals surface area contributed by atoms with Gasteiger partial charge in [-0.25, -0.2) is 4.79 Å². The number of ether oxygens (including phenoxy) is 2. The Hall–Kier alpha value is -2.01. The maximum atomic E-state index is 11.2. The standard InChI is InChI=1S/C17H20O9/c18-7-12-14(21)15(22)16(23)17(26-12)24-4-3-8-5-9-1-2-13(20)25-11(9)6-10(8)19/h1-2,5-6,12,14-19,21-23H,3-4,7H2/t12-,14+,15+,16-,17-/m1/s1. The SMILES string of the molecule is O=c1ccc2cc(CCO[C@@H]3O[C@H](CO)[C@H](O)[C@H](O)[C@H]3O)c(O)cc2o1. The Balaban J connectivity index is 1.66. The fourth-order valence-corrected chi connectivity index (χ4v) is 2.84. The van der Waals surface area contributed by atoms with Crippen LogP contribution in [0, 0.1) is 0 Å². The Morgan fingerprint density at radius 2 is 1.85 bits per heavy atom. The molecule has 0 aliphatic carbocycles. The predicted molar refractivity (Wildman–Crippen MR) is 87.6 cm³/mol. The second-order valence-corrected chi connectivity index (χ2v) is 6.09. The predicted octanol–water partition coefficient (Wildman–Crippen LogP) is -1.14. The van der Waals surface area contributed by atoms with E-state index in [0.717, 1.165) is 0 Å². The number of rotatable bonds is 5. The highest BCUT2D eigenvalue weighted by atomic mass is 16.7. The fourth-order valence-electron chi connectivity index (χ4n) is 2.84. The van der Waals surface area contributed by atoms with E-state index in [1.807, 2.05) is 0 Å². The molecule has 0 unspecified atom stereocenters. The minimum atomic E-state index is -1.51. The summed E-state index contributed by atoms with van der Waals surface area (Å²) in [6.07, 6.45) is -6.47. The van der Waals surface area contributed by atoms with Gasteiger partial charge in [-0.05, 0) is 24.1 Å². The van der Waals surface area contributed by atoms with Crippen molar-refractivity contribution in [2.24, 2.45) is 0 Å². The molecule has 9 heteroatoms. The summed E-state index contributed by atoms with van der Waals surface area (Å²) in [7, 11) is 0. The first-order valence-electron chi connectivity index (χ1n) is 8.08. The second kappa shape index (κ2) is 7.70. The van der Waals surface area contributed by atoms with Crippen molar-refractivity contribution < 1.29 is 39.4 Å². The molecule has 1 fully saturated rings. The van der Waals surface area contributed by atoms with Gasteiger partial charge in [0.05, 0.1) is 13.2 Å². The molecular formula is C17H20O9. The van der Waals surface area contributed by atoms with E-state index in [9.17, 15) is 25.2 Å². The molecule has 3 rings (SSSR count). The van der Waals surface area contributed by atoms with Crippen LogP contribution >= 0.6 is 0 Å². The first-order valence-corrected chi connectivity index (χ1v) is 8.08. The number of aliphatic hydroxyl groups excluding tert-OH is 4. The summed E-state index contributed by atoms with van der Waals surface area (Å²) in [6, 6.07) is 5.82. The molecule has 0 amide bonds. The fraction of sp³-hybridized carbons (Fsp3) is 0.471. The molecule has 2 heterocycles. The topological polar surface area (TPSA) is 150 Å².